The van der Waals surface area contributed by atoms with Crippen molar-refractivity contribution in [1.29, 1.82) is 0 Å². The first-order chi connectivity index (χ1) is 13.1. The van der Waals surface area contributed by atoms with Crippen LogP contribution in [-0.4, -0.2) is 25.2 Å². The van der Waals surface area contributed by atoms with Gasteiger partial charge in [0, 0.05) is 11.1 Å². The van der Waals surface area contributed by atoms with E-state index in [0.717, 1.165) is 5.56 Å². The Bertz CT molecular complexity index is 1000. The number of rotatable bonds is 5. The Kier molecular flexibility index (Phi) is 5.47. The molecule has 136 valence electrons. The van der Waals surface area contributed by atoms with Gasteiger partial charge in [0.1, 0.15) is 11.5 Å². The van der Waals surface area contributed by atoms with Crippen LogP contribution in [0.3, 0.4) is 0 Å². The van der Waals surface area contributed by atoms with Gasteiger partial charge in [0.2, 0.25) is 0 Å². The number of nitrogens with one attached hydrogen (secondary N) is 1. The van der Waals surface area contributed by atoms with Gasteiger partial charge in [-0.2, -0.15) is 5.10 Å². The van der Waals surface area contributed by atoms with Crippen molar-refractivity contribution in [1.82, 2.24) is 5.43 Å². The number of hydrazone groups is 1. The van der Waals surface area contributed by atoms with E-state index in [1.165, 1.54) is 13.3 Å². The Morgan fingerprint density at radius 2 is 1.70 bits per heavy atom. The number of amides is 1. The zero-order valence-corrected chi connectivity index (χ0v) is 14.9. The van der Waals surface area contributed by atoms with Crippen molar-refractivity contribution < 1.29 is 18.7 Å². The lowest BCUT2D eigenvalue weighted by Crippen LogP contribution is -2.18. The summed E-state index contributed by atoms with van der Waals surface area (Å²) < 4.78 is 10.5. The summed E-state index contributed by atoms with van der Waals surface area (Å²) in [6.07, 6.45) is 1.40. The van der Waals surface area contributed by atoms with Crippen LogP contribution in [0.2, 0.25) is 0 Å². The van der Waals surface area contributed by atoms with Crippen LogP contribution >= 0.6 is 0 Å². The molecule has 0 bridgehead atoms. The molecule has 0 aliphatic carbocycles. The summed E-state index contributed by atoms with van der Waals surface area (Å²) >= 11 is 0. The van der Waals surface area contributed by atoms with Crippen molar-refractivity contribution >= 4 is 18.1 Å². The summed E-state index contributed by atoms with van der Waals surface area (Å²) in [5.41, 5.74) is 4.92. The van der Waals surface area contributed by atoms with Gasteiger partial charge < -0.3 is 9.15 Å². The van der Waals surface area contributed by atoms with E-state index in [1.54, 1.807) is 48.5 Å². The number of carbonyl (C=O) groups is 2. The average Bonchev–Trinajstić information content (AvgIpc) is 3.16. The smallest absolute Gasteiger partial charge is 0.338 e. The topological polar surface area (TPSA) is 80.9 Å². The normalized spacial score (nSPS) is 10.7. The maximum atomic E-state index is 12.1. The van der Waals surface area contributed by atoms with Crippen molar-refractivity contribution in [3.63, 3.8) is 0 Å². The van der Waals surface area contributed by atoms with Crippen molar-refractivity contribution in [2.45, 2.75) is 6.92 Å². The summed E-state index contributed by atoms with van der Waals surface area (Å²) in [5.74, 6) is 0.201. The van der Waals surface area contributed by atoms with E-state index in [9.17, 15) is 9.59 Å². The molecule has 0 saturated heterocycles. The zero-order chi connectivity index (χ0) is 19.2. The Balaban J connectivity index is 1.74. The van der Waals surface area contributed by atoms with E-state index in [0.29, 0.717) is 28.2 Å². The molecule has 1 amide bonds. The molecule has 0 unspecified atom stereocenters. The maximum Gasteiger partial charge on any atom is 0.338 e. The summed E-state index contributed by atoms with van der Waals surface area (Å²) in [5, 5.41) is 3.93. The zero-order valence-electron chi connectivity index (χ0n) is 14.9. The van der Waals surface area contributed by atoms with Crippen LogP contribution in [-0.2, 0) is 4.74 Å². The number of methoxy groups -OCH3 is 1. The standard InChI is InChI=1S/C21H18N2O4/c1-14-7-3-4-8-16(14)20(24)23-22-13-15-11-12-19(27-15)17-9-5-6-10-18(17)21(25)26-2/h3-13H,1-2H3,(H,23,24)/b22-13+. The molecule has 2 aromatic carbocycles. The molecule has 0 aliphatic heterocycles. The van der Waals surface area contributed by atoms with Crippen LogP contribution in [0.1, 0.15) is 32.0 Å². The molecule has 0 atom stereocenters. The van der Waals surface area contributed by atoms with Crippen molar-refractivity contribution in [2.24, 2.45) is 5.10 Å². The fraction of sp³-hybridized carbons (Fsp3) is 0.0952. The minimum atomic E-state index is -0.442. The van der Waals surface area contributed by atoms with Gasteiger partial charge in [-0.05, 0) is 36.8 Å². The van der Waals surface area contributed by atoms with Gasteiger partial charge in [-0.1, -0.05) is 36.4 Å². The second-order valence-corrected chi connectivity index (χ2v) is 5.75. The lowest BCUT2D eigenvalue weighted by molar-refractivity contribution is 0.0601. The van der Waals surface area contributed by atoms with E-state index in [-0.39, 0.29) is 5.91 Å². The highest BCUT2D eigenvalue weighted by Crippen LogP contribution is 2.26. The minimum absolute atomic E-state index is 0.299. The largest absolute Gasteiger partial charge is 0.465 e. The second-order valence-electron chi connectivity index (χ2n) is 5.75. The van der Waals surface area contributed by atoms with E-state index in [4.69, 9.17) is 9.15 Å². The van der Waals surface area contributed by atoms with E-state index < -0.39 is 5.97 Å². The number of benzene rings is 2. The number of ether oxygens (including phenoxy) is 1. The lowest BCUT2D eigenvalue weighted by atomic mass is 10.1. The first-order valence-electron chi connectivity index (χ1n) is 8.26. The Morgan fingerprint density at radius 1 is 1.00 bits per heavy atom. The Hall–Kier alpha value is -3.67. The fourth-order valence-electron chi connectivity index (χ4n) is 2.60. The van der Waals surface area contributed by atoms with E-state index in [2.05, 4.69) is 10.5 Å². The molecule has 1 aromatic heterocycles. The highest BCUT2D eigenvalue weighted by molar-refractivity contribution is 5.97. The fourth-order valence-corrected chi connectivity index (χ4v) is 2.60. The average molecular weight is 362 g/mol. The SMILES string of the molecule is COC(=O)c1ccccc1-c1ccc(/C=N/NC(=O)c2ccccc2C)o1. The van der Waals surface area contributed by atoms with E-state index >= 15 is 0 Å². The van der Waals surface area contributed by atoms with Crippen LogP contribution in [0.5, 0.6) is 0 Å². The molecular formula is C21H18N2O4. The number of aryl methyl sites for hydroxylation is 1. The highest BCUT2D eigenvalue weighted by atomic mass is 16.5. The van der Waals surface area contributed by atoms with Crippen LogP contribution in [0, 0.1) is 6.92 Å². The molecule has 6 nitrogen and oxygen atoms in total. The predicted molar refractivity (Wildman–Crippen MR) is 102 cm³/mol. The molecule has 1 N–H and O–H groups in total. The van der Waals surface area contributed by atoms with Crippen molar-refractivity contribution in [3.05, 3.63) is 83.1 Å². The van der Waals surface area contributed by atoms with Crippen LogP contribution in [0.15, 0.2) is 70.2 Å². The monoisotopic (exact) mass is 362 g/mol. The molecule has 0 spiro atoms. The Labute approximate surface area is 156 Å². The number of hydrogen-bond acceptors (Lipinski definition) is 5. The Morgan fingerprint density at radius 3 is 2.44 bits per heavy atom. The van der Waals surface area contributed by atoms with Gasteiger partial charge in [-0.15, -0.1) is 0 Å². The quantitative estimate of drug-likeness (QED) is 0.425. The van der Waals surface area contributed by atoms with Gasteiger partial charge >= 0.3 is 5.97 Å². The molecule has 27 heavy (non-hydrogen) atoms. The van der Waals surface area contributed by atoms with Gasteiger partial charge in [0.05, 0.1) is 18.9 Å². The molecule has 3 aromatic rings. The van der Waals surface area contributed by atoms with Crippen LogP contribution in [0.4, 0.5) is 0 Å². The third-order valence-electron chi connectivity index (χ3n) is 3.97. The number of carbonyl (C=O) groups excluding carboxylic acids is 2. The minimum Gasteiger partial charge on any atom is -0.465 e. The first kappa shape index (κ1) is 18.1. The number of hydrogen-bond donors (Lipinski definition) is 1. The van der Waals surface area contributed by atoms with Crippen molar-refractivity contribution in [3.8, 4) is 11.3 Å². The van der Waals surface area contributed by atoms with E-state index in [1.807, 2.05) is 19.1 Å². The molecule has 0 aliphatic rings. The third kappa shape index (κ3) is 4.12. The molecule has 1 heterocycles. The van der Waals surface area contributed by atoms with Crippen molar-refractivity contribution in [2.75, 3.05) is 7.11 Å². The summed E-state index contributed by atoms with van der Waals surface area (Å²) in [6.45, 7) is 1.86. The molecule has 6 heteroatoms. The second kappa shape index (κ2) is 8.14. The summed E-state index contributed by atoms with van der Waals surface area (Å²) in [7, 11) is 1.33. The van der Waals surface area contributed by atoms with Gasteiger partial charge in [0.25, 0.3) is 5.91 Å². The molecule has 0 radical (unpaired) electrons. The van der Waals surface area contributed by atoms with Crippen LogP contribution in [0.25, 0.3) is 11.3 Å². The molecule has 0 fully saturated rings. The molecular weight excluding hydrogens is 344 g/mol. The number of esters is 1. The summed E-state index contributed by atoms with van der Waals surface area (Å²) in [6, 6.07) is 17.7. The van der Waals surface area contributed by atoms with Gasteiger partial charge in [0.15, 0.2) is 0 Å². The first-order valence-corrected chi connectivity index (χ1v) is 8.26. The third-order valence-corrected chi connectivity index (χ3v) is 3.97. The van der Waals surface area contributed by atoms with Gasteiger partial charge in [-0.3, -0.25) is 4.79 Å². The highest BCUT2D eigenvalue weighted by Gasteiger charge is 2.15. The summed E-state index contributed by atoms with van der Waals surface area (Å²) in [4.78, 5) is 24.0. The number of nitrogens with zero attached hydrogens (tertiary/aromatic N) is 1. The molecule has 3 rings (SSSR count). The lowest BCUT2D eigenvalue weighted by Gasteiger charge is -2.04. The van der Waals surface area contributed by atoms with Crippen LogP contribution < -0.4 is 5.43 Å². The van der Waals surface area contributed by atoms with Gasteiger partial charge in [-0.25, -0.2) is 10.2 Å². The predicted octanol–water partition coefficient (Wildman–Crippen LogP) is 3.81. The maximum absolute atomic E-state index is 12.1. The molecule has 0 saturated carbocycles. The number of furan rings is 1.